The predicted molar refractivity (Wildman–Crippen MR) is 146 cm³/mol. The van der Waals surface area contributed by atoms with E-state index in [9.17, 15) is 4.79 Å². The Balaban J connectivity index is 1.69. The molecule has 5 nitrogen and oxygen atoms in total. The van der Waals surface area contributed by atoms with Gasteiger partial charge in [0.2, 0.25) is 6.54 Å². The van der Waals surface area contributed by atoms with Gasteiger partial charge in [-0.2, -0.15) is 0 Å². The quantitative estimate of drug-likeness (QED) is 0.307. The van der Waals surface area contributed by atoms with Crippen LogP contribution in [0.4, 0.5) is 4.79 Å². The van der Waals surface area contributed by atoms with E-state index in [1.54, 1.807) is 0 Å². The fraction of sp³-hybridized carbons (Fsp3) is 0.375. The van der Waals surface area contributed by atoms with Crippen molar-refractivity contribution in [3.05, 3.63) is 119 Å². The summed E-state index contributed by atoms with van der Waals surface area (Å²) in [6.45, 7) is 15.1. The fourth-order valence-corrected chi connectivity index (χ4v) is 6.42. The highest BCUT2D eigenvalue weighted by molar-refractivity contribution is 5.71. The van der Waals surface area contributed by atoms with E-state index in [0.29, 0.717) is 13.1 Å². The van der Waals surface area contributed by atoms with Gasteiger partial charge >= 0.3 is 6.09 Å². The predicted octanol–water partition coefficient (Wildman–Crippen LogP) is 6.35. The van der Waals surface area contributed by atoms with Crippen LogP contribution in [0.3, 0.4) is 0 Å². The summed E-state index contributed by atoms with van der Waals surface area (Å²) >= 11 is 0. The van der Waals surface area contributed by atoms with Crippen LogP contribution in [0.5, 0.6) is 0 Å². The lowest BCUT2D eigenvalue weighted by Gasteiger charge is -2.54. The number of fused-ring (bicyclic) bond motifs is 2. The molecule has 2 aliphatic heterocycles. The third-order valence-electron chi connectivity index (χ3n) is 7.75. The minimum absolute atomic E-state index is 0.0270. The largest absolute Gasteiger partial charge is 0.444 e. The number of carbonyl (C=O) groups excluding carboxylic acids is 1. The molecule has 2 aliphatic rings. The number of likely N-dealkylation sites (tertiary alicyclic amines) is 1. The molecule has 2 bridgehead atoms. The number of ether oxygens (including phenoxy) is 1. The van der Waals surface area contributed by atoms with Gasteiger partial charge in [-0.25, -0.2) is 11.4 Å². The lowest BCUT2D eigenvalue weighted by atomic mass is 9.74. The molecule has 5 rings (SSSR count). The van der Waals surface area contributed by atoms with E-state index in [2.05, 4.69) is 101 Å². The first-order valence-corrected chi connectivity index (χ1v) is 13.1. The van der Waals surface area contributed by atoms with Crippen molar-refractivity contribution in [3.8, 4) is 0 Å². The average molecular weight is 494 g/mol. The normalized spacial score (nSPS) is 21.9. The Morgan fingerprint density at radius 2 is 1.41 bits per heavy atom. The van der Waals surface area contributed by atoms with Gasteiger partial charge in [-0.3, -0.25) is 9.80 Å². The molecule has 0 N–H and O–H groups in total. The third kappa shape index (κ3) is 4.40. The number of nitrogens with zero attached hydrogens (tertiary/aromatic N) is 3. The Kier molecular flexibility index (Phi) is 6.56. The van der Waals surface area contributed by atoms with Crippen molar-refractivity contribution < 1.29 is 9.53 Å². The number of carbonyl (C=O) groups is 1. The zero-order valence-corrected chi connectivity index (χ0v) is 21.9. The van der Waals surface area contributed by atoms with Gasteiger partial charge in [-0.15, -0.1) is 0 Å². The Morgan fingerprint density at radius 3 is 1.84 bits per heavy atom. The van der Waals surface area contributed by atoms with Crippen molar-refractivity contribution in [1.82, 2.24) is 9.80 Å². The molecule has 0 aromatic heterocycles. The van der Waals surface area contributed by atoms with Gasteiger partial charge in [0.05, 0.1) is 5.54 Å². The number of benzene rings is 3. The highest BCUT2D eigenvalue weighted by Gasteiger charge is 2.60. The molecule has 0 spiro atoms. The van der Waals surface area contributed by atoms with Gasteiger partial charge in [0.15, 0.2) is 0 Å². The van der Waals surface area contributed by atoms with Crippen molar-refractivity contribution in [2.45, 2.75) is 56.3 Å². The first-order valence-electron chi connectivity index (χ1n) is 13.1. The van der Waals surface area contributed by atoms with E-state index in [-0.39, 0.29) is 18.7 Å². The topological polar surface area (TPSA) is 37.1 Å². The summed E-state index contributed by atoms with van der Waals surface area (Å²) in [7, 11) is 0. The van der Waals surface area contributed by atoms with Crippen LogP contribution in [0.1, 0.15) is 50.3 Å². The van der Waals surface area contributed by atoms with E-state index in [0.717, 1.165) is 12.8 Å². The van der Waals surface area contributed by atoms with Crippen molar-refractivity contribution in [1.29, 1.82) is 0 Å². The summed E-state index contributed by atoms with van der Waals surface area (Å²) in [5.74, 6) is 0. The van der Waals surface area contributed by atoms with Crippen LogP contribution >= 0.6 is 0 Å². The minimum Gasteiger partial charge on any atom is -0.444 e. The van der Waals surface area contributed by atoms with Crippen LogP contribution in [0.25, 0.3) is 4.85 Å². The van der Waals surface area contributed by atoms with Crippen LogP contribution in [0.2, 0.25) is 0 Å². The smallest absolute Gasteiger partial charge is 0.411 e. The summed E-state index contributed by atoms with van der Waals surface area (Å²) in [6.07, 6.45) is 1.35. The third-order valence-corrected chi connectivity index (χ3v) is 7.75. The van der Waals surface area contributed by atoms with Crippen LogP contribution < -0.4 is 0 Å². The lowest BCUT2D eigenvalue weighted by Crippen LogP contribution is -2.68. The second-order valence-electron chi connectivity index (χ2n) is 11.3. The molecule has 0 saturated carbocycles. The summed E-state index contributed by atoms with van der Waals surface area (Å²) in [6, 6.07) is 31.9. The molecule has 2 saturated heterocycles. The molecule has 2 unspecified atom stereocenters. The number of rotatable bonds is 5. The summed E-state index contributed by atoms with van der Waals surface area (Å²) < 4.78 is 5.87. The molecule has 1 amide bonds. The second-order valence-corrected chi connectivity index (χ2v) is 11.3. The van der Waals surface area contributed by atoms with E-state index in [4.69, 9.17) is 11.3 Å². The zero-order valence-electron chi connectivity index (χ0n) is 21.9. The molecule has 190 valence electrons. The molecule has 5 heteroatoms. The van der Waals surface area contributed by atoms with Crippen LogP contribution in [-0.2, 0) is 10.3 Å². The molecule has 3 aromatic carbocycles. The van der Waals surface area contributed by atoms with Crippen molar-refractivity contribution in [3.63, 3.8) is 0 Å². The van der Waals surface area contributed by atoms with Gasteiger partial charge in [0, 0.05) is 19.1 Å². The molecule has 37 heavy (non-hydrogen) atoms. The van der Waals surface area contributed by atoms with Crippen LogP contribution in [0.15, 0.2) is 91.0 Å². The first-order chi connectivity index (χ1) is 17.8. The van der Waals surface area contributed by atoms with Crippen LogP contribution in [-0.4, -0.2) is 52.7 Å². The Bertz CT molecular complexity index is 1170. The monoisotopic (exact) mass is 493 g/mol. The number of hydrogen-bond donors (Lipinski definition) is 0. The Labute approximate surface area is 220 Å². The molecule has 0 radical (unpaired) electrons. The van der Waals surface area contributed by atoms with Crippen LogP contribution in [0, 0.1) is 6.57 Å². The van der Waals surface area contributed by atoms with Gasteiger partial charge in [-0.1, -0.05) is 91.0 Å². The molecule has 3 aromatic rings. The maximum absolute atomic E-state index is 13.5. The van der Waals surface area contributed by atoms with Crippen molar-refractivity contribution in [2.24, 2.45) is 0 Å². The second kappa shape index (κ2) is 9.68. The lowest BCUT2D eigenvalue weighted by molar-refractivity contribution is -0.0441. The summed E-state index contributed by atoms with van der Waals surface area (Å²) in [4.78, 5) is 21.8. The van der Waals surface area contributed by atoms with Gasteiger partial charge in [0.1, 0.15) is 11.1 Å². The SMILES string of the molecule is [C-]#[N+]CC12CCC(CN(C(c3ccccc3)(c3ccccc3)c3ccccc3)C1)N2C(=O)OC(C)(C)C. The fourth-order valence-electron chi connectivity index (χ4n) is 6.42. The van der Waals surface area contributed by atoms with Gasteiger partial charge in [0.25, 0.3) is 0 Å². The van der Waals surface area contributed by atoms with E-state index in [1.165, 1.54) is 16.7 Å². The maximum atomic E-state index is 13.5. The summed E-state index contributed by atoms with van der Waals surface area (Å²) in [5, 5.41) is 0. The first kappa shape index (κ1) is 25.0. The van der Waals surface area contributed by atoms with E-state index in [1.807, 2.05) is 25.7 Å². The van der Waals surface area contributed by atoms with E-state index >= 15 is 0 Å². The minimum atomic E-state index is -0.601. The zero-order chi connectivity index (χ0) is 26.1. The van der Waals surface area contributed by atoms with Gasteiger partial charge < -0.3 is 9.58 Å². The van der Waals surface area contributed by atoms with Crippen molar-refractivity contribution >= 4 is 6.09 Å². The van der Waals surface area contributed by atoms with Gasteiger partial charge in [-0.05, 0) is 50.3 Å². The Morgan fingerprint density at radius 1 is 0.919 bits per heavy atom. The molecular formula is C32H35N3O2. The molecule has 2 heterocycles. The molecule has 2 fully saturated rings. The highest BCUT2D eigenvalue weighted by Crippen LogP contribution is 2.49. The summed E-state index contributed by atoms with van der Waals surface area (Å²) in [5.41, 5.74) is 1.77. The number of amides is 1. The molecule has 2 atom stereocenters. The highest BCUT2D eigenvalue weighted by atomic mass is 16.6. The number of piperazine rings is 1. The Hall–Kier alpha value is -3.62. The molecule has 0 aliphatic carbocycles. The number of hydrogen-bond acceptors (Lipinski definition) is 3. The van der Waals surface area contributed by atoms with E-state index < -0.39 is 16.7 Å². The van der Waals surface area contributed by atoms with Crippen molar-refractivity contribution in [2.75, 3.05) is 19.6 Å². The molecular weight excluding hydrogens is 458 g/mol. The standard InChI is InChI=1S/C32H35N3O2/c1-30(2,3)37-29(36)35-28-20-21-31(35,23-33-4)24-34(22-28)32(25-14-8-5-9-15-25,26-16-10-6-11-17-26)27-18-12-7-13-19-27/h5-19,28H,20-24H2,1-3H3. The average Bonchev–Trinajstić information content (AvgIpc) is 3.12. The maximum Gasteiger partial charge on any atom is 0.411 e.